The molecule has 9 heteroatoms. The topological polar surface area (TPSA) is 52.5 Å². The molecule has 0 radical (unpaired) electrons. The number of halogens is 6. The van der Waals surface area contributed by atoms with Crippen LogP contribution in [0.25, 0.3) is 0 Å². The maximum Gasteiger partial charge on any atom is 0.416 e. The first-order chi connectivity index (χ1) is 9.51. The molecule has 3 nitrogen and oxygen atoms in total. The summed E-state index contributed by atoms with van der Waals surface area (Å²) >= 11 is 0. The highest BCUT2D eigenvalue weighted by atomic mass is 19.4. The Morgan fingerprint density at radius 3 is 2.14 bits per heavy atom. The lowest BCUT2D eigenvalue weighted by Gasteiger charge is -2.17. The first kappa shape index (κ1) is 17.7. The van der Waals surface area contributed by atoms with Gasteiger partial charge in [0.05, 0.1) is 11.7 Å². The first-order valence-corrected chi connectivity index (χ1v) is 5.82. The third-order valence-electron chi connectivity index (χ3n) is 2.65. The van der Waals surface area contributed by atoms with E-state index in [9.17, 15) is 31.4 Å². The van der Waals surface area contributed by atoms with Crippen molar-refractivity contribution in [3.05, 3.63) is 35.4 Å². The summed E-state index contributed by atoms with van der Waals surface area (Å²) in [6, 6.07) is 3.84. The van der Waals surface area contributed by atoms with Crippen LogP contribution in [-0.4, -0.2) is 35.6 Å². The standard InChI is InChI=1S/C12H13F6NO2/c13-11(14,15)8-3-1-2-7(4-8)9(20)5-19-6-10(21)12(16,17)18/h1-4,9-10,19-21H,5-6H2. The molecule has 0 aliphatic carbocycles. The number of hydrogen-bond donors (Lipinski definition) is 3. The third-order valence-corrected chi connectivity index (χ3v) is 2.65. The Labute approximate surface area is 116 Å². The number of hydrogen-bond acceptors (Lipinski definition) is 3. The minimum absolute atomic E-state index is 0.0844. The Morgan fingerprint density at radius 2 is 1.62 bits per heavy atom. The van der Waals surface area contributed by atoms with Crippen LogP contribution in [0.5, 0.6) is 0 Å². The van der Waals surface area contributed by atoms with Gasteiger partial charge in [-0.1, -0.05) is 12.1 Å². The maximum absolute atomic E-state index is 12.5. The molecular formula is C12H13F6NO2. The van der Waals surface area contributed by atoms with Gasteiger partial charge in [-0.25, -0.2) is 0 Å². The average Bonchev–Trinajstić information content (AvgIpc) is 2.36. The van der Waals surface area contributed by atoms with Crippen molar-refractivity contribution < 1.29 is 36.6 Å². The molecule has 0 heterocycles. The molecule has 0 spiro atoms. The van der Waals surface area contributed by atoms with E-state index in [2.05, 4.69) is 5.32 Å². The molecule has 0 aliphatic heterocycles. The van der Waals surface area contributed by atoms with E-state index in [1.165, 1.54) is 6.07 Å². The zero-order chi connectivity index (χ0) is 16.3. The van der Waals surface area contributed by atoms with Crippen LogP contribution in [0.15, 0.2) is 24.3 Å². The summed E-state index contributed by atoms with van der Waals surface area (Å²) in [5, 5.41) is 20.5. The van der Waals surface area contributed by atoms with Crippen LogP contribution in [0, 0.1) is 0 Å². The molecular weight excluding hydrogens is 304 g/mol. The predicted molar refractivity (Wildman–Crippen MR) is 61.3 cm³/mol. The van der Waals surface area contributed by atoms with Crippen molar-refractivity contribution in [1.29, 1.82) is 0 Å². The molecule has 2 atom stereocenters. The highest BCUT2D eigenvalue weighted by Gasteiger charge is 2.37. The minimum Gasteiger partial charge on any atom is -0.387 e. The Morgan fingerprint density at radius 1 is 1.00 bits per heavy atom. The van der Waals surface area contributed by atoms with Gasteiger partial charge in [0.15, 0.2) is 6.10 Å². The molecule has 1 aromatic rings. The molecule has 0 aliphatic rings. The summed E-state index contributed by atoms with van der Waals surface area (Å²) in [4.78, 5) is 0. The second kappa shape index (κ2) is 6.63. The zero-order valence-corrected chi connectivity index (χ0v) is 10.5. The van der Waals surface area contributed by atoms with Gasteiger partial charge in [-0.15, -0.1) is 0 Å². The van der Waals surface area contributed by atoms with Gasteiger partial charge in [0, 0.05) is 13.1 Å². The lowest BCUT2D eigenvalue weighted by molar-refractivity contribution is -0.202. The molecule has 0 fully saturated rings. The summed E-state index contributed by atoms with van der Waals surface area (Å²) < 4.78 is 73.4. The SMILES string of the molecule is OC(CNCC(O)C(F)(F)F)c1cccc(C(F)(F)F)c1. The molecule has 0 bridgehead atoms. The quantitative estimate of drug-likeness (QED) is 0.730. The first-order valence-electron chi connectivity index (χ1n) is 5.82. The minimum atomic E-state index is -4.80. The van der Waals surface area contributed by atoms with E-state index in [-0.39, 0.29) is 5.56 Å². The summed E-state index contributed by atoms with van der Waals surface area (Å²) in [7, 11) is 0. The predicted octanol–water partition coefficient (Wildman–Crippen LogP) is 2.25. The Kier molecular flexibility index (Phi) is 5.60. The molecule has 1 aromatic carbocycles. The third kappa shape index (κ3) is 5.52. The van der Waals surface area contributed by atoms with Gasteiger partial charge in [0.2, 0.25) is 0 Å². The Hall–Kier alpha value is -1.32. The van der Waals surface area contributed by atoms with Crippen LogP contribution < -0.4 is 5.32 Å². The van der Waals surface area contributed by atoms with Gasteiger partial charge in [0.1, 0.15) is 0 Å². The van der Waals surface area contributed by atoms with Crippen LogP contribution in [0.1, 0.15) is 17.2 Å². The van der Waals surface area contributed by atoms with Crippen LogP contribution in [0.2, 0.25) is 0 Å². The summed E-state index contributed by atoms with van der Waals surface area (Å²) in [5.74, 6) is 0. The van der Waals surface area contributed by atoms with Crippen molar-refractivity contribution in [2.75, 3.05) is 13.1 Å². The van der Waals surface area contributed by atoms with Crippen LogP contribution in [0.3, 0.4) is 0 Å². The van der Waals surface area contributed by atoms with Crippen molar-refractivity contribution in [1.82, 2.24) is 5.32 Å². The molecule has 0 saturated heterocycles. The lowest BCUT2D eigenvalue weighted by Crippen LogP contribution is -2.39. The lowest BCUT2D eigenvalue weighted by atomic mass is 10.1. The van der Waals surface area contributed by atoms with E-state index in [0.29, 0.717) is 6.07 Å². The smallest absolute Gasteiger partial charge is 0.387 e. The van der Waals surface area contributed by atoms with Gasteiger partial charge in [0.25, 0.3) is 0 Å². The fourth-order valence-electron chi connectivity index (χ4n) is 1.51. The highest BCUT2D eigenvalue weighted by Crippen LogP contribution is 2.30. The van der Waals surface area contributed by atoms with Gasteiger partial charge in [-0.2, -0.15) is 26.3 Å². The van der Waals surface area contributed by atoms with Crippen molar-refractivity contribution >= 4 is 0 Å². The number of benzene rings is 1. The normalized spacial score (nSPS) is 15.8. The van der Waals surface area contributed by atoms with E-state index in [1.54, 1.807) is 0 Å². The van der Waals surface area contributed by atoms with Gasteiger partial charge >= 0.3 is 12.4 Å². The molecule has 0 saturated carbocycles. The number of rotatable bonds is 5. The molecule has 1 rings (SSSR count). The number of nitrogens with one attached hydrogen (secondary N) is 1. The summed E-state index contributed by atoms with van der Waals surface area (Å²) in [6.07, 6.45) is -13.4. The van der Waals surface area contributed by atoms with E-state index >= 15 is 0 Å². The summed E-state index contributed by atoms with van der Waals surface area (Å²) in [6.45, 7) is -1.28. The van der Waals surface area contributed by atoms with Crippen molar-refractivity contribution in [2.45, 2.75) is 24.6 Å². The Balaban J connectivity index is 2.59. The van der Waals surface area contributed by atoms with Crippen LogP contribution >= 0.6 is 0 Å². The second-order valence-corrected chi connectivity index (χ2v) is 4.35. The van der Waals surface area contributed by atoms with Crippen LogP contribution in [-0.2, 0) is 6.18 Å². The van der Waals surface area contributed by atoms with E-state index in [0.717, 1.165) is 12.1 Å². The van der Waals surface area contributed by atoms with E-state index in [1.807, 2.05) is 0 Å². The summed E-state index contributed by atoms with van der Waals surface area (Å²) in [5.41, 5.74) is -1.05. The van der Waals surface area contributed by atoms with Gasteiger partial charge < -0.3 is 15.5 Å². The number of alkyl halides is 6. The van der Waals surface area contributed by atoms with E-state index < -0.39 is 43.2 Å². The van der Waals surface area contributed by atoms with E-state index in [4.69, 9.17) is 5.11 Å². The molecule has 0 amide bonds. The molecule has 0 aromatic heterocycles. The molecule has 21 heavy (non-hydrogen) atoms. The average molecular weight is 317 g/mol. The second-order valence-electron chi connectivity index (χ2n) is 4.35. The Bertz CT molecular complexity index is 460. The molecule has 120 valence electrons. The zero-order valence-electron chi connectivity index (χ0n) is 10.5. The van der Waals surface area contributed by atoms with Gasteiger partial charge in [-0.3, -0.25) is 0 Å². The molecule has 3 N–H and O–H groups in total. The maximum atomic E-state index is 12.5. The number of aliphatic hydroxyl groups is 2. The van der Waals surface area contributed by atoms with Gasteiger partial charge in [-0.05, 0) is 17.7 Å². The van der Waals surface area contributed by atoms with Crippen molar-refractivity contribution in [3.8, 4) is 0 Å². The highest BCUT2D eigenvalue weighted by molar-refractivity contribution is 5.27. The fraction of sp³-hybridized carbons (Fsp3) is 0.500. The van der Waals surface area contributed by atoms with Crippen LogP contribution in [0.4, 0.5) is 26.3 Å². The fourth-order valence-corrected chi connectivity index (χ4v) is 1.51. The largest absolute Gasteiger partial charge is 0.416 e. The molecule has 2 unspecified atom stereocenters. The van der Waals surface area contributed by atoms with Crippen molar-refractivity contribution in [3.63, 3.8) is 0 Å². The number of aliphatic hydroxyl groups excluding tert-OH is 2. The van der Waals surface area contributed by atoms with Crippen molar-refractivity contribution in [2.24, 2.45) is 0 Å². The monoisotopic (exact) mass is 317 g/mol.